The average molecular weight is 345 g/mol. The number of amides is 1. The number of hydrogen-bond donors (Lipinski definition) is 2. The second-order valence-electron chi connectivity index (χ2n) is 5.63. The highest BCUT2D eigenvalue weighted by molar-refractivity contribution is 5.94. The van der Waals surface area contributed by atoms with Crippen LogP contribution >= 0.6 is 0 Å². The van der Waals surface area contributed by atoms with E-state index < -0.39 is 40.3 Å². The highest BCUT2D eigenvalue weighted by Gasteiger charge is 2.29. The van der Waals surface area contributed by atoms with Crippen LogP contribution in [-0.4, -0.2) is 17.6 Å². The summed E-state index contributed by atoms with van der Waals surface area (Å²) in [5, 5.41) is 12.6. The fourth-order valence-electron chi connectivity index (χ4n) is 2.35. The SMILES string of the molecule is Cc1cc(C(C)(O)CNC(=O)c2cc(F)c(F)c(F)c2F)c(C)o1. The third kappa shape index (κ3) is 3.28. The maximum atomic E-state index is 13.6. The van der Waals surface area contributed by atoms with Crippen molar-refractivity contribution in [3.63, 3.8) is 0 Å². The van der Waals surface area contributed by atoms with Crippen molar-refractivity contribution in [2.24, 2.45) is 0 Å². The Hall–Kier alpha value is -2.35. The normalized spacial score (nSPS) is 13.7. The van der Waals surface area contributed by atoms with Crippen LogP contribution < -0.4 is 5.32 Å². The quantitative estimate of drug-likeness (QED) is 0.509. The third-order valence-electron chi connectivity index (χ3n) is 3.56. The van der Waals surface area contributed by atoms with Crippen LogP contribution in [0.4, 0.5) is 17.6 Å². The van der Waals surface area contributed by atoms with Crippen LogP contribution in [0.3, 0.4) is 0 Å². The number of benzene rings is 1. The number of furan rings is 1. The standard InChI is InChI=1S/C16H15F4NO3/c1-7-4-10(8(2)24-7)16(3,23)6-21-15(22)9-5-11(17)13(19)14(20)12(9)18/h4-5,23H,6H2,1-3H3,(H,21,22). The van der Waals surface area contributed by atoms with Crippen LogP contribution in [0, 0.1) is 37.1 Å². The lowest BCUT2D eigenvalue weighted by Gasteiger charge is -2.23. The van der Waals surface area contributed by atoms with E-state index in [4.69, 9.17) is 4.42 Å². The summed E-state index contributed by atoms with van der Waals surface area (Å²) in [4.78, 5) is 11.9. The molecule has 1 aromatic heterocycles. The molecule has 2 rings (SSSR count). The van der Waals surface area contributed by atoms with Crippen molar-refractivity contribution < 1.29 is 31.9 Å². The maximum Gasteiger partial charge on any atom is 0.254 e. The van der Waals surface area contributed by atoms with Gasteiger partial charge in [0.25, 0.3) is 5.91 Å². The molecule has 1 unspecified atom stereocenters. The Bertz CT molecular complexity index is 799. The molecule has 0 fully saturated rings. The van der Waals surface area contributed by atoms with Gasteiger partial charge in [-0.15, -0.1) is 0 Å². The molecule has 0 aliphatic carbocycles. The second kappa shape index (κ2) is 6.27. The van der Waals surface area contributed by atoms with Gasteiger partial charge in [0, 0.05) is 5.56 Å². The molecule has 1 atom stereocenters. The Morgan fingerprint density at radius 2 is 1.79 bits per heavy atom. The first-order chi connectivity index (χ1) is 11.0. The number of nitrogens with one attached hydrogen (secondary N) is 1. The van der Waals surface area contributed by atoms with E-state index in [-0.39, 0.29) is 12.6 Å². The Kier molecular flexibility index (Phi) is 4.70. The first-order valence-electron chi connectivity index (χ1n) is 6.95. The van der Waals surface area contributed by atoms with Crippen LogP contribution in [0.2, 0.25) is 0 Å². The number of carbonyl (C=O) groups excluding carboxylic acids is 1. The van der Waals surface area contributed by atoms with E-state index in [0.29, 0.717) is 17.1 Å². The molecule has 1 heterocycles. The number of hydrogen-bond acceptors (Lipinski definition) is 3. The van der Waals surface area contributed by atoms with Crippen molar-refractivity contribution in [2.45, 2.75) is 26.4 Å². The lowest BCUT2D eigenvalue weighted by Crippen LogP contribution is -2.39. The summed E-state index contributed by atoms with van der Waals surface area (Å²) in [5.74, 6) is -7.79. The van der Waals surface area contributed by atoms with Crippen molar-refractivity contribution >= 4 is 5.91 Å². The molecule has 24 heavy (non-hydrogen) atoms. The number of halogens is 4. The molecule has 130 valence electrons. The van der Waals surface area contributed by atoms with Gasteiger partial charge in [-0.05, 0) is 32.9 Å². The van der Waals surface area contributed by atoms with Crippen molar-refractivity contribution in [1.82, 2.24) is 5.32 Å². The van der Waals surface area contributed by atoms with Crippen LogP contribution in [0.25, 0.3) is 0 Å². The summed E-state index contributed by atoms with van der Waals surface area (Å²) >= 11 is 0. The van der Waals surface area contributed by atoms with Gasteiger partial charge in [0.05, 0.1) is 12.1 Å². The van der Waals surface area contributed by atoms with Gasteiger partial charge in [0.1, 0.15) is 17.1 Å². The predicted octanol–water partition coefficient (Wildman–Crippen LogP) is 3.09. The summed E-state index contributed by atoms with van der Waals surface area (Å²) in [6, 6.07) is 1.82. The van der Waals surface area contributed by atoms with Gasteiger partial charge in [-0.2, -0.15) is 0 Å². The first-order valence-corrected chi connectivity index (χ1v) is 6.95. The average Bonchev–Trinajstić information content (AvgIpc) is 2.86. The molecule has 0 saturated heterocycles. The molecule has 0 aliphatic heterocycles. The van der Waals surface area contributed by atoms with E-state index in [1.165, 1.54) is 6.92 Å². The smallest absolute Gasteiger partial charge is 0.254 e. The van der Waals surface area contributed by atoms with E-state index in [9.17, 15) is 27.5 Å². The molecular weight excluding hydrogens is 330 g/mol. The molecular formula is C16H15F4NO3. The number of aryl methyl sites for hydroxylation is 2. The molecule has 0 aliphatic rings. The second-order valence-corrected chi connectivity index (χ2v) is 5.63. The largest absolute Gasteiger partial charge is 0.466 e. The number of aliphatic hydroxyl groups is 1. The molecule has 1 amide bonds. The van der Waals surface area contributed by atoms with Gasteiger partial charge in [0.15, 0.2) is 23.3 Å². The van der Waals surface area contributed by atoms with Gasteiger partial charge < -0.3 is 14.8 Å². The molecule has 0 saturated carbocycles. The molecule has 4 nitrogen and oxygen atoms in total. The van der Waals surface area contributed by atoms with Gasteiger partial charge >= 0.3 is 0 Å². The minimum absolute atomic E-state index is 0.255. The van der Waals surface area contributed by atoms with Crippen LogP contribution in [0.5, 0.6) is 0 Å². The van der Waals surface area contributed by atoms with Crippen molar-refractivity contribution in [3.8, 4) is 0 Å². The predicted molar refractivity (Wildman–Crippen MR) is 76.4 cm³/mol. The zero-order valence-corrected chi connectivity index (χ0v) is 13.1. The van der Waals surface area contributed by atoms with E-state index in [1.807, 2.05) is 0 Å². The van der Waals surface area contributed by atoms with Gasteiger partial charge in [-0.3, -0.25) is 4.79 Å². The topological polar surface area (TPSA) is 62.5 Å². The lowest BCUT2D eigenvalue weighted by atomic mass is 9.96. The molecule has 2 N–H and O–H groups in total. The summed E-state index contributed by atoms with van der Waals surface area (Å²) in [6.07, 6.45) is 0. The lowest BCUT2D eigenvalue weighted by molar-refractivity contribution is 0.0512. The summed E-state index contributed by atoms with van der Waals surface area (Å²) in [5.41, 5.74) is -2.16. The minimum Gasteiger partial charge on any atom is -0.466 e. The van der Waals surface area contributed by atoms with Gasteiger partial charge in [-0.25, -0.2) is 17.6 Å². The van der Waals surface area contributed by atoms with Crippen LogP contribution in [-0.2, 0) is 5.60 Å². The Balaban J connectivity index is 2.21. The van der Waals surface area contributed by atoms with E-state index in [0.717, 1.165) is 0 Å². The molecule has 0 radical (unpaired) electrons. The summed E-state index contributed by atoms with van der Waals surface area (Å²) in [6.45, 7) is 4.28. The minimum atomic E-state index is -2.08. The van der Waals surface area contributed by atoms with E-state index in [1.54, 1.807) is 19.9 Å². The van der Waals surface area contributed by atoms with Crippen LogP contribution in [0.1, 0.15) is 34.4 Å². The van der Waals surface area contributed by atoms with Gasteiger partial charge in [0.2, 0.25) is 0 Å². The van der Waals surface area contributed by atoms with Crippen molar-refractivity contribution in [1.29, 1.82) is 0 Å². The number of rotatable bonds is 4. The highest BCUT2D eigenvalue weighted by Crippen LogP contribution is 2.26. The molecule has 2 aromatic rings. The molecule has 0 bridgehead atoms. The van der Waals surface area contributed by atoms with Crippen LogP contribution in [0.15, 0.2) is 16.5 Å². The van der Waals surface area contributed by atoms with Crippen molar-refractivity contribution in [3.05, 3.63) is 58.0 Å². The van der Waals surface area contributed by atoms with E-state index >= 15 is 0 Å². The summed E-state index contributed by atoms with van der Waals surface area (Å²) in [7, 11) is 0. The third-order valence-corrected chi connectivity index (χ3v) is 3.56. The monoisotopic (exact) mass is 345 g/mol. The summed E-state index contributed by atoms with van der Waals surface area (Å²) < 4.78 is 58.1. The Morgan fingerprint density at radius 3 is 2.33 bits per heavy atom. The van der Waals surface area contributed by atoms with Crippen molar-refractivity contribution in [2.75, 3.05) is 6.54 Å². The fraction of sp³-hybridized carbons (Fsp3) is 0.312. The maximum absolute atomic E-state index is 13.6. The zero-order chi connectivity index (χ0) is 18.2. The zero-order valence-electron chi connectivity index (χ0n) is 13.1. The molecule has 0 spiro atoms. The molecule has 8 heteroatoms. The first kappa shape index (κ1) is 18.0. The Labute approximate surface area is 135 Å². The fourth-order valence-corrected chi connectivity index (χ4v) is 2.35. The van der Waals surface area contributed by atoms with E-state index in [2.05, 4.69) is 5.32 Å². The molecule has 1 aromatic carbocycles. The highest BCUT2D eigenvalue weighted by atomic mass is 19.2. The number of carbonyl (C=O) groups is 1. The van der Waals surface area contributed by atoms with Gasteiger partial charge in [-0.1, -0.05) is 0 Å². The Morgan fingerprint density at radius 1 is 1.17 bits per heavy atom.